The summed E-state index contributed by atoms with van der Waals surface area (Å²) in [4.78, 5) is 39.3. The van der Waals surface area contributed by atoms with Crippen LogP contribution in [0.4, 0.5) is 4.79 Å². The number of nitrogens with zero attached hydrogens (tertiary/aromatic N) is 1. The van der Waals surface area contributed by atoms with E-state index < -0.39 is 41.4 Å². The van der Waals surface area contributed by atoms with Gasteiger partial charge in [-0.25, -0.2) is 4.79 Å². The average Bonchev–Trinajstić information content (AvgIpc) is 3.41. The van der Waals surface area contributed by atoms with Crippen LogP contribution in [0.2, 0.25) is 0 Å². The number of nitrogens with one attached hydrogen (secondary N) is 1. The molecule has 2 amide bonds. The second-order valence-corrected chi connectivity index (χ2v) is 9.78. The zero-order valence-corrected chi connectivity index (χ0v) is 20.6. The number of imide groups is 1. The Kier molecular flexibility index (Phi) is 7.07. The van der Waals surface area contributed by atoms with Gasteiger partial charge in [0.15, 0.2) is 11.5 Å². The first-order valence-corrected chi connectivity index (χ1v) is 11.6. The quantitative estimate of drug-likeness (QED) is 0.617. The molecule has 0 unspecified atom stereocenters. The molecule has 2 aliphatic rings. The molecule has 0 aliphatic carbocycles. The van der Waals surface area contributed by atoms with Crippen LogP contribution < -0.4 is 19.5 Å². The molecule has 2 aliphatic heterocycles. The number of carbonyl (C=O) groups is 3. The summed E-state index contributed by atoms with van der Waals surface area (Å²) in [6.45, 7) is 5.28. The van der Waals surface area contributed by atoms with Crippen molar-refractivity contribution >= 4 is 18.0 Å². The molecule has 1 fully saturated rings. The summed E-state index contributed by atoms with van der Waals surface area (Å²) in [5, 5.41) is 12.6. The maximum Gasteiger partial charge on any atom is 0.414 e. The van der Waals surface area contributed by atoms with Gasteiger partial charge in [-0.2, -0.15) is 0 Å². The number of methoxy groups -OCH3 is 1. The average molecular weight is 499 g/mol. The van der Waals surface area contributed by atoms with Crippen LogP contribution >= 0.6 is 0 Å². The number of amides is 2. The lowest BCUT2D eigenvalue weighted by Crippen LogP contribution is -2.42. The molecule has 10 heteroatoms. The van der Waals surface area contributed by atoms with Crippen LogP contribution in [0.1, 0.15) is 43.9 Å². The van der Waals surface area contributed by atoms with E-state index in [4.69, 9.17) is 18.9 Å². The van der Waals surface area contributed by atoms with Gasteiger partial charge in [0.1, 0.15) is 11.4 Å². The Morgan fingerprint density at radius 2 is 1.72 bits per heavy atom. The van der Waals surface area contributed by atoms with Crippen molar-refractivity contribution in [3.8, 4) is 17.2 Å². The van der Waals surface area contributed by atoms with Gasteiger partial charge >= 0.3 is 12.1 Å². The summed E-state index contributed by atoms with van der Waals surface area (Å²) in [5.41, 5.74) is 0.722. The molecule has 0 radical (unpaired) electrons. The number of fused-ring (bicyclic) bond motifs is 1. The van der Waals surface area contributed by atoms with Gasteiger partial charge in [0.05, 0.1) is 19.6 Å². The molecule has 2 aromatic carbocycles. The summed E-state index contributed by atoms with van der Waals surface area (Å²) in [6.07, 6.45) is -0.852. The standard InChI is InChI=1S/C26H30N2O8/c1-26(2,3)36-25(32)27-21(29)13-28-12-18(16-7-10-19-20(11-16)35-14-34-19)22(24(30)31)23(28)15-5-8-17(33-4)9-6-15/h5-11,18,22-23H,12-14H2,1-4H3,(H,30,31)(H,27,29,32)/t18-,22-,23+/m1/s1. The molecule has 36 heavy (non-hydrogen) atoms. The van der Waals surface area contributed by atoms with E-state index in [0.717, 1.165) is 11.1 Å². The summed E-state index contributed by atoms with van der Waals surface area (Å²) < 4.78 is 21.3. The minimum absolute atomic E-state index is 0.108. The van der Waals surface area contributed by atoms with E-state index in [1.807, 2.05) is 6.07 Å². The van der Waals surface area contributed by atoms with Gasteiger partial charge in [0.25, 0.3) is 0 Å². The topological polar surface area (TPSA) is 124 Å². The molecule has 2 aromatic rings. The molecular weight excluding hydrogens is 468 g/mol. The first kappa shape index (κ1) is 25.3. The first-order chi connectivity index (χ1) is 17.1. The third-order valence-corrected chi connectivity index (χ3v) is 6.15. The highest BCUT2D eigenvalue weighted by atomic mass is 16.7. The molecule has 2 heterocycles. The fraction of sp³-hybridized carbons (Fsp3) is 0.423. The Morgan fingerprint density at radius 3 is 2.36 bits per heavy atom. The van der Waals surface area contributed by atoms with Gasteiger partial charge in [-0.1, -0.05) is 18.2 Å². The number of hydrogen-bond donors (Lipinski definition) is 2. The molecule has 0 saturated carbocycles. The number of carbonyl (C=O) groups excluding carboxylic acids is 2. The Morgan fingerprint density at radius 1 is 1.06 bits per heavy atom. The maximum atomic E-state index is 12.8. The predicted molar refractivity (Wildman–Crippen MR) is 128 cm³/mol. The van der Waals surface area contributed by atoms with Crippen LogP contribution in [0, 0.1) is 5.92 Å². The SMILES string of the molecule is COc1ccc([C@H]2[C@H](C(=O)O)[C@@H](c3ccc4c(c3)OCO4)CN2CC(=O)NC(=O)OC(C)(C)C)cc1. The first-order valence-electron chi connectivity index (χ1n) is 11.6. The maximum absolute atomic E-state index is 12.8. The minimum Gasteiger partial charge on any atom is -0.497 e. The third-order valence-electron chi connectivity index (χ3n) is 6.15. The van der Waals surface area contributed by atoms with E-state index in [1.54, 1.807) is 69.2 Å². The Hall–Kier alpha value is -3.79. The van der Waals surface area contributed by atoms with Crippen molar-refractivity contribution < 1.29 is 38.4 Å². The number of carboxylic acids is 1. The van der Waals surface area contributed by atoms with Gasteiger partial charge in [-0.15, -0.1) is 0 Å². The number of ether oxygens (including phenoxy) is 4. The normalized spacial score (nSPS) is 21.2. The van der Waals surface area contributed by atoms with E-state index in [9.17, 15) is 19.5 Å². The van der Waals surface area contributed by atoms with Gasteiger partial charge in [-0.05, 0) is 56.2 Å². The monoisotopic (exact) mass is 498 g/mol. The highest BCUT2D eigenvalue weighted by molar-refractivity contribution is 5.93. The molecule has 192 valence electrons. The molecule has 2 N–H and O–H groups in total. The highest BCUT2D eigenvalue weighted by Gasteiger charge is 2.48. The van der Waals surface area contributed by atoms with E-state index in [2.05, 4.69) is 5.32 Å². The van der Waals surface area contributed by atoms with Crippen molar-refractivity contribution in [2.75, 3.05) is 27.0 Å². The van der Waals surface area contributed by atoms with E-state index >= 15 is 0 Å². The van der Waals surface area contributed by atoms with Crippen molar-refractivity contribution in [1.82, 2.24) is 10.2 Å². The predicted octanol–water partition coefficient (Wildman–Crippen LogP) is 3.32. The van der Waals surface area contributed by atoms with Crippen LogP contribution in [-0.4, -0.2) is 60.6 Å². The number of rotatable bonds is 6. The van der Waals surface area contributed by atoms with Crippen LogP contribution in [0.3, 0.4) is 0 Å². The lowest BCUT2D eigenvalue weighted by Gasteiger charge is -2.27. The zero-order valence-electron chi connectivity index (χ0n) is 20.6. The van der Waals surface area contributed by atoms with Gasteiger partial charge in [0.2, 0.25) is 12.7 Å². The summed E-state index contributed by atoms with van der Waals surface area (Å²) in [5.74, 6) is -1.11. The molecular formula is C26H30N2O8. The minimum atomic E-state index is -0.992. The van der Waals surface area contributed by atoms with Crippen LogP contribution in [0.25, 0.3) is 0 Å². The second kappa shape index (κ2) is 10.1. The molecule has 0 bridgehead atoms. The van der Waals surface area contributed by atoms with Crippen molar-refractivity contribution in [1.29, 1.82) is 0 Å². The van der Waals surface area contributed by atoms with Gasteiger partial charge in [0, 0.05) is 18.5 Å². The summed E-state index contributed by atoms with van der Waals surface area (Å²) >= 11 is 0. The lowest BCUT2D eigenvalue weighted by atomic mass is 9.82. The van der Waals surface area contributed by atoms with E-state index in [0.29, 0.717) is 17.2 Å². The fourth-order valence-electron chi connectivity index (χ4n) is 4.71. The second-order valence-electron chi connectivity index (χ2n) is 9.78. The number of carboxylic acid groups (broad SMARTS) is 1. The van der Waals surface area contributed by atoms with E-state index in [1.165, 1.54) is 0 Å². The van der Waals surface area contributed by atoms with Crippen molar-refractivity contribution in [2.45, 2.75) is 38.3 Å². The Balaban J connectivity index is 1.64. The Labute approximate surface area is 209 Å². The molecule has 3 atom stereocenters. The third kappa shape index (κ3) is 5.54. The largest absolute Gasteiger partial charge is 0.497 e. The summed E-state index contributed by atoms with van der Waals surface area (Å²) in [6, 6.07) is 11.8. The van der Waals surface area contributed by atoms with Crippen molar-refractivity contribution in [3.05, 3.63) is 53.6 Å². The zero-order chi connectivity index (χ0) is 26.0. The number of alkyl carbamates (subject to hydrolysis) is 1. The summed E-state index contributed by atoms with van der Waals surface area (Å²) in [7, 11) is 1.55. The van der Waals surface area contributed by atoms with Crippen LogP contribution in [-0.2, 0) is 14.3 Å². The van der Waals surface area contributed by atoms with Crippen molar-refractivity contribution in [2.24, 2.45) is 5.92 Å². The van der Waals surface area contributed by atoms with E-state index in [-0.39, 0.29) is 19.9 Å². The van der Waals surface area contributed by atoms with Crippen LogP contribution in [0.15, 0.2) is 42.5 Å². The Bertz CT molecular complexity index is 1140. The molecule has 10 nitrogen and oxygen atoms in total. The van der Waals surface area contributed by atoms with Crippen molar-refractivity contribution in [3.63, 3.8) is 0 Å². The van der Waals surface area contributed by atoms with Gasteiger partial charge in [-0.3, -0.25) is 19.8 Å². The molecule has 0 aromatic heterocycles. The fourth-order valence-corrected chi connectivity index (χ4v) is 4.71. The molecule has 1 saturated heterocycles. The number of aliphatic carboxylic acids is 1. The number of benzene rings is 2. The molecule has 0 spiro atoms. The number of likely N-dealkylation sites (tertiary alicyclic amines) is 1. The molecule has 4 rings (SSSR count). The lowest BCUT2D eigenvalue weighted by molar-refractivity contribution is -0.143. The highest BCUT2D eigenvalue weighted by Crippen LogP contribution is 2.47. The van der Waals surface area contributed by atoms with Gasteiger partial charge < -0.3 is 24.1 Å². The smallest absolute Gasteiger partial charge is 0.414 e. The van der Waals surface area contributed by atoms with Crippen LogP contribution in [0.5, 0.6) is 17.2 Å². The number of hydrogen-bond acceptors (Lipinski definition) is 8.